The van der Waals surface area contributed by atoms with E-state index in [1.165, 1.54) is 12.8 Å². The number of nitrogens with zero attached hydrogens (tertiary/aromatic N) is 2. The summed E-state index contributed by atoms with van der Waals surface area (Å²) in [5, 5.41) is 20.3. The third-order valence-corrected chi connectivity index (χ3v) is 8.82. The molecule has 136 valence electrons. The number of aliphatic hydroxyl groups is 1. The van der Waals surface area contributed by atoms with Gasteiger partial charge in [-0.1, -0.05) is 32.9 Å². The Balaban J connectivity index is 1.50. The molecule has 0 spiro atoms. The summed E-state index contributed by atoms with van der Waals surface area (Å²) in [4.78, 5) is 6.83. The third-order valence-electron chi connectivity index (χ3n) is 7.76. The van der Waals surface area contributed by atoms with Crippen molar-refractivity contribution >= 4 is 33.0 Å². The molecule has 5 rings (SSSR count). The minimum Gasteiger partial charge on any atom is -0.510 e. The Morgan fingerprint density at radius 3 is 2.69 bits per heavy atom. The van der Waals surface area contributed by atoms with Crippen molar-refractivity contribution in [2.75, 3.05) is 6.54 Å². The molecular weight excluding hydrogens is 342 g/mol. The predicted octanol–water partition coefficient (Wildman–Crippen LogP) is 5.07. The molecule has 1 aromatic carbocycles. The first-order chi connectivity index (χ1) is 12.3. The number of fused-ring (bicyclic) bond motifs is 3. The maximum atomic E-state index is 10.7. The van der Waals surface area contributed by atoms with Crippen LogP contribution in [0.4, 0.5) is 0 Å². The molecule has 2 aliphatic carbocycles. The van der Waals surface area contributed by atoms with Crippen molar-refractivity contribution in [1.29, 1.82) is 5.41 Å². The van der Waals surface area contributed by atoms with Crippen LogP contribution in [0.2, 0.25) is 0 Å². The third kappa shape index (κ3) is 1.90. The number of para-hydroxylation sites is 1. The van der Waals surface area contributed by atoms with Gasteiger partial charge < -0.3 is 10.0 Å². The second-order valence-electron chi connectivity index (χ2n) is 8.91. The Morgan fingerprint density at radius 1 is 1.27 bits per heavy atom. The van der Waals surface area contributed by atoms with Crippen molar-refractivity contribution in [3.05, 3.63) is 35.0 Å². The van der Waals surface area contributed by atoms with Gasteiger partial charge in [-0.15, -0.1) is 11.3 Å². The second-order valence-corrected chi connectivity index (χ2v) is 9.94. The van der Waals surface area contributed by atoms with E-state index in [0.29, 0.717) is 35.2 Å². The van der Waals surface area contributed by atoms with Crippen LogP contribution in [0.5, 0.6) is 0 Å². The van der Waals surface area contributed by atoms with Gasteiger partial charge in [0.25, 0.3) is 0 Å². The number of aromatic nitrogens is 1. The standard InChI is InChI=1S/C21H25N3OS/c1-20(2)12-8-9-21(20,3)16(10-12)24-11-14(25)17(18(24)22)19-23-13-6-4-5-7-15(13)26-19/h4-7,12,16,22,25H,8-11H2,1-3H3/t12-,16-,21+/m1/s1. The summed E-state index contributed by atoms with van der Waals surface area (Å²) < 4.78 is 1.10. The van der Waals surface area contributed by atoms with Crippen LogP contribution in [-0.2, 0) is 0 Å². The Morgan fingerprint density at radius 2 is 2.04 bits per heavy atom. The van der Waals surface area contributed by atoms with E-state index >= 15 is 0 Å². The van der Waals surface area contributed by atoms with Crippen LogP contribution in [0.25, 0.3) is 15.8 Å². The molecule has 26 heavy (non-hydrogen) atoms. The molecule has 2 aromatic rings. The molecule has 3 aliphatic rings. The van der Waals surface area contributed by atoms with Crippen LogP contribution < -0.4 is 0 Å². The topological polar surface area (TPSA) is 60.2 Å². The van der Waals surface area contributed by atoms with Crippen molar-refractivity contribution in [3.8, 4) is 0 Å². The molecule has 2 bridgehead atoms. The van der Waals surface area contributed by atoms with Gasteiger partial charge in [0.1, 0.15) is 16.6 Å². The summed E-state index contributed by atoms with van der Waals surface area (Å²) in [6.07, 6.45) is 3.65. The molecule has 0 saturated heterocycles. The fourth-order valence-corrected chi connectivity index (χ4v) is 6.74. The largest absolute Gasteiger partial charge is 0.510 e. The first-order valence-electron chi connectivity index (χ1n) is 9.46. The first kappa shape index (κ1) is 16.3. The smallest absolute Gasteiger partial charge is 0.135 e. The molecule has 1 aliphatic heterocycles. The summed E-state index contributed by atoms with van der Waals surface area (Å²) in [6.45, 7) is 7.63. The molecule has 2 saturated carbocycles. The number of benzene rings is 1. The van der Waals surface area contributed by atoms with E-state index in [0.717, 1.165) is 27.6 Å². The second kappa shape index (κ2) is 5.10. The van der Waals surface area contributed by atoms with E-state index in [1.54, 1.807) is 11.3 Å². The molecule has 2 heterocycles. The molecule has 0 radical (unpaired) electrons. The highest BCUT2D eigenvalue weighted by Crippen LogP contribution is 2.67. The van der Waals surface area contributed by atoms with Gasteiger partial charge in [0.2, 0.25) is 0 Å². The van der Waals surface area contributed by atoms with Gasteiger partial charge in [0.15, 0.2) is 0 Å². The lowest BCUT2D eigenvalue weighted by Crippen LogP contribution is -2.48. The number of nitrogens with one attached hydrogen (secondary N) is 1. The maximum Gasteiger partial charge on any atom is 0.135 e. The number of hydrogen-bond acceptors (Lipinski definition) is 4. The fraction of sp³-hybridized carbons (Fsp3) is 0.524. The van der Waals surface area contributed by atoms with Crippen molar-refractivity contribution < 1.29 is 5.11 Å². The lowest BCUT2D eigenvalue weighted by molar-refractivity contribution is 0.0817. The van der Waals surface area contributed by atoms with Gasteiger partial charge in [-0.25, -0.2) is 4.98 Å². The molecule has 0 amide bonds. The molecule has 1 aromatic heterocycles. The van der Waals surface area contributed by atoms with E-state index in [1.807, 2.05) is 24.3 Å². The van der Waals surface area contributed by atoms with E-state index in [2.05, 4.69) is 30.7 Å². The summed E-state index contributed by atoms with van der Waals surface area (Å²) >= 11 is 1.56. The quantitative estimate of drug-likeness (QED) is 0.779. The van der Waals surface area contributed by atoms with Gasteiger partial charge in [-0.05, 0) is 48.1 Å². The zero-order valence-electron chi connectivity index (χ0n) is 15.5. The monoisotopic (exact) mass is 367 g/mol. The fourth-order valence-electron chi connectivity index (χ4n) is 5.70. The minimum atomic E-state index is 0.202. The molecular formula is C21H25N3OS. The SMILES string of the molecule is CC1(C)[C@@H]2CC[C@@]1(C)[C@H](N1CC(O)=C(c3nc4ccccc4s3)C1=N)C2. The van der Waals surface area contributed by atoms with E-state index in [4.69, 9.17) is 5.41 Å². The van der Waals surface area contributed by atoms with Crippen LogP contribution in [-0.4, -0.2) is 33.4 Å². The highest BCUT2D eigenvalue weighted by Gasteiger charge is 2.63. The first-order valence-corrected chi connectivity index (χ1v) is 10.3. The average molecular weight is 368 g/mol. The van der Waals surface area contributed by atoms with Crippen LogP contribution in [0.1, 0.15) is 45.0 Å². The molecule has 2 fully saturated rings. The average Bonchev–Trinajstić information content (AvgIpc) is 3.25. The number of hydrogen-bond donors (Lipinski definition) is 2. The normalized spacial score (nSPS) is 33.0. The van der Waals surface area contributed by atoms with Gasteiger partial charge in [0, 0.05) is 6.04 Å². The number of thiazole rings is 1. The summed E-state index contributed by atoms with van der Waals surface area (Å²) in [5.74, 6) is 1.48. The lowest BCUT2D eigenvalue weighted by atomic mass is 9.69. The zero-order chi connectivity index (χ0) is 18.3. The van der Waals surface area contributed by atoms with E-state index < -0.39 is 0 Å². The molecule has 0 unspecified atom stereocenters. The van der Waals surface area contributed by atoms with Crippen molar-refractivity contribution in [1.82, 2.24) is 9.88 Å². The van der Waals surface area contributed by atoms with Crippen LogP contribution in [0.15, 0.2) is 30.0 Å². The summed E-state index contributed by atoms with van der Waals surface area (Å²) in [5.41, 5.74) is 2.07. The highest BCUT2D eigenvalue weighted by atomic mass is 32.1. The Bertz CT molecular complexity index is 926. The lowest BCUT2D eigenvalue weighted by Gasteiger charge is -2.44. The Kier molecular flexibility index (Phi) is 3.20. The molecule has 5 heteroatoms. The maximum absolute atomic E-state index is 10.7. The van der Waals surface area contributed by atoms with E-state index in [9.17, 15) is 5.11 Å². The van der Waals surface area contributed by atoms with Gasteiger partial charge >= 0.3 is 0 Å². The summed E-state index contributed by atoms with van der Waals surface area (Å²) in [6, 6.07) is 8.35. The predicted molar refractivity (Wildman–Crippen MR) is 107 cm³/mol. The van der Waals surface area contributed by atoms with Crippen LogP contribution >= 0.6 is 11.3 Å². The molecule has 3 atom stereocenters. The van der Waals surface area contributed by atoms with Crippen molar-refractivity contribution in [2.45, 2.75) is 46.1 Å². The highest BCUT2D eigenvalue weighted by molar-refractivity contribution is 7.19. The summed E-state index contributed by atoms with van der Waals surface area (Å²) in [7, 11) is 0. The van der Waals surface area contributed by atoms with Crippen LogP contribution in [0, 0.1) is 22.2 Å². The number of aliphatic hydroxyl groups excluding tert-OH is 1. The van der Waals surface area contributed by atoms with E-state index in [-0.39, 0.29) is 5.41 Å². The van der Waals surface area contributed by atoms with Gasteiger partial charge in [0.05, 0.1) is 22.3 Å². The van der Waals surface area contributed by atoms with Gasteiger partial charge in [-0.2, -0.15) is 0 Å². The molecule has 4 nitrogen and oxygen atoms in total. The molecule has 2 N–H and O–H groups in total. The minimum absolute atomic E-state index is 0.202. The zero-order valence-corrected chi connectivity index (χ0v) is 16.4. The number of rotatable bonds is 2. The number of amidine groups is 1. The Hall–Kier alpha value is -1.88. The van der Waals surface area contributed by atoms with Crippen molar-refractivity contribution in [2.24, 2.45) is 16.7 Å². The van der Waals surface area contributed by atoms with Gasteiger partial charge in [-0.3, -0.25) is 5.41 Å². The van der Waals surface area contributed by atoms with Crippen molar-refractivity contribution in [3.63, 3.8) is 0 Å². The van der Waals surface area contributed by atoms with Crippen LogP contribution in [0.3, 0.4) is 0 Å². The Labute approximate surface area is 158 Å².